The van der Waals surface area contributed by atoms with Gasteiger partial charge < -0.3 is 10.6 Å². The molecule has 0 saturated carbocycles. The van der Waals surface area contributed by atoms with Crippen molar-refractivity contribution in [3.05, 3.63) is 75.4 Å². The Bertz CT molecular complexity index is 941. The van der Waals surface area contributed by atoms with Gasteiger partial charge in [0.1, 0.15) is 0 Å². The number of nitrogens with one attached hydrogen (secondary N) is 2. The van der Waals surface area contributed by atoms with Crippen molar-refractivity contribution < 1.29 is 9.59 Å². The van der Waals surface area contributed by atoms with Gasteiger partial charge in [-0.05, 0) is 60.3 Å². The van der Waals surface area contributed by atoms with Crippen LogP contribution in [0.25, 0.3) is 0 Å². The number of anilines is 2. The van der Waals surface area contributed by atoms with Crippen molar-refractivity contribution in [2.45, 2.75) is 11.8 Å². The molecular weight excluding hydrogens is 400 g/mol. The lowest BCUT2D eigenvalue weighted by molar-refractivity contribution is -0.113. The Kier molecular flexibility index (Phi) is 6.55. The summed E-state index contributed by atoms with van der Waals surface area (Å²) in [4.78, 5) is 25.8. The van der Waals surface area contributed by atoms with Gasteiger partial charge >= 0.3 is 0 Å². The highest BCUT2D eigenvalue weighted by Crippen LogP contribution is 2.24. The Morgan fingerprint density at radius 1 is 1.04 bits per heavy atom. The second kappa shape index (κ2) is 9.08. The standard InChI is InChI=1S/C20H17ClN2O2S2/c1-13-16(21)4-2-5-17(13)23-19(24)12-27-15-9-7-14(8-10-15)22-20(25)18-6-3-11-26-18/h2-11H,12H2,1H3,(H,22,25)(H,23,24). The van der Waals surface area contributed by atoms with Crippen LogP contribution >= 0.6 is 34.7 Å². The molecule has 0 radical (unpaired) electrons. The fourth-order valence-corrected chi connectivity index (χ4v) is 3.80. The molecule has 2 amide bonds. The predicted molar refractivity (Wildman–Crippen MR) is 114 cm³/mol. The van der Waals surface area contributed by atoms with Crippen LogP contribution < -0.4 is 10.6 Å². The van der Waals surface area contributed by atoms with E-state index in [1.54, 1.807) is 18.2 Å². The molecule has 0 aliphatic rings. The molecule has 0 aliphatic carbocycles. The summed E-state index contributed by atoms with van der Waals surface area (Å²) in [6.07, 6.45) is 0. The lowest BCUT2D eigenvalue weighted by Crippen LogP contribution is -2.14. The van der Waals surface area contributed by atoms with E-state index < -0.39 is 0 Å². The summed E-state index contributed by atoms with van der Waals surface area (Å²) in [5.41, 5.74) is 2.29. The Hall–Kier alpha value is -2.28. The minimum Gasteiger partial charge on any atom is -0.325 e. The topological polar surface area (TPSA) is 58.2 Å². The van der Waals surface area contributed by atoms with E-state index in [0.29, 0.717) is 9.90 Å². The monoisotopic (exact) mass is 416 g/mol. The number of amides is 2. The lowest BCUT2D eigenvalue weighted by atomic mass is 10.2. The first-order valence-corrected chi connectivity index (χ1v) is 10.4. The molecule has 3 aromatic rings. The molecule has 138 valence electrons. The van der Waals surface area contributed by atoms with E-state index in [0.717, 1.165) is 21.8 Å². The second-order valence-corrected chi connectivity index (χ2v) is 8.11. The first-order chi connectivity index (χ1) is 13.0. The van der Waals surface area contributed by atoms with Gasteiger partial charge in [-0.1, -0.05) is 23.7 Å². The zero-order chi connectivity index (χ0) is 19.2. The third kappa shape index (κ3) is 5.35. The number of hydrogen-bond donors (Lipinski definition) is 2. The Balaban J connectivity index is 1.51. The van der Waals surface area contributed by atoms with Gasteiger partial charge in [-0.15, -0.1) is 23.1 Å². The van der Waals surface area contributed by atoms with Crippen LogP contribution in [0, 0.1) is 6.92 Å². The molecule has 0 aliphatic heterocycles. The lowest BCUT2D eigenvalue weighted by Gasteiger charge is -2.09. The molecule has 7 heteroatoms. The summed E-state index contributed by atoms with van der Waals surface area (Å²) in [5, 5.41) is 8.22. The molecule has 1 aromatic heterocycles. The van der Waals surface area contributed by atoms with E-state index >= 15 is 0 Å². The third-order valence-corrected chi connectivity index (χ3v) is 6.06. The van der Waals surface area contributed by atoms with E-state index in [4.69, 9.17) is 11.6 Å². The van der Waals surface area contributed by atoms with Crippen molar-refractivity contribution in [1.82, 2.24) is 0 Å². The van der Waals surface area contributed by atoms with Crippen molar-refractivity contribution in [2.75, 3.05) is 16.4 Å². The minimum absolute atomic E-state index is 0.0968. The smallest absolute Gasteiger partial charge is 0.265 e. The van der Waals surface area contributed by atoms with Crippen LogP contribution in [0.2, 0.25) is 5.02 Å². The number of thiophene rings is 1. The van der Waals surface area contributed by atoms with Gasteiger partial charge in [0.15, 0.2) is 0 Å². The van der Waals surface area contributed by atoms with Gasteiger partial charge in [-0.2, -0.15) is 0 Å². The van der Waals surface area contributed by atoms with E-state index in [2.05, 4.69) is 10.6 Å². The van der Waals surface area contributed by atoms with E-state index in [9.17, 15) is 9.59 Å². The van der Waals surface area contributed by atoms with Crippen LogP contribution in [0.1, 0.15) is 15.2 Å². The van der Waals surface area contributed by atoms with E-state index in [1.165, 1.54) is 23.1 Å². The van der Waals surface area contributed by atoms with Crippen LogP contribution in [0.4, 0.5) is 11.4 Å². The van der Waals surface area contributed by atoms with Crippen LogP contribution in [0.3, 0.4) is 0 Å². The van der Waals surface area contributed by atoms with Crippen molar-refractivity contribution in [1.29, 1.82) is 0 Å². The van der Waals surface area contributed by atoms with Crippen molar-refractivity contribution in [2.24, 2.45) is 0 Å². The number of carbonyl (C=O) groups is 2. The van der Waals surface area contributed by atoms with Gasteiger partial charge in [0.25, 0.3) is 5.91 Å². The molecule has 0 saturated heterocycles. The number of thioether (sulfide) groups is 1. The molecule has 0 bridgehead atoms. The van der Waals surface area contributed by atoms with Gasteiger partial charge in [0, 0.05) is 21.3 Å². The molecule has 3 rings (SSSR count). The number of hydrogen-bond acceptors (Lipinski definition) is 4. The molecule has 1 heterocycles. The number of benzene rings is 2. The molecule has 2 aromatic carbocycles. The molecule has 0 spiro atoms. The van der Waals surface area contributed by atoms with Crippen molar-refractivity contribution >= 4 is 57.9 Å². The molecule has 4 nitrogen and oxygen atoms in total. The van der Waals surface area contributed by atoms with E-state index in [1.807, 2.05) is 48.7 Å². The van der Waals surface area contributed by atoms with Crippen molar-refractivity contribution in [3.63, 3.8) is 0 Å². The fraction of sp³-hybridized carbons (Fsp3) is 0.100. The van der Waals surface area contributed by atoms with Gasteiger partial charge in [-0.3, -0.25) is 9.59 Å². The maximum atomic E-state index is 12.2. The highest BCUT2D eigenvalue weighted by Gasteiger charge is 2.09. The SMILES string of the molecule is Cc1c(Cl)cccc1NC(=O)CSc1ccc(NC(=O)c2cccs2)cc1. The highest BCUT2D eigenvalue weighted by molar-refractivity contribution is 8.00. The summed E-state index contributed by atoms with van der Waals surface area (Å²) < 4.78 is 0. The number of rotatable bonds is 6. The first-order valence-electron chi connectivity index (χ1n) is 8.15. The fourth-order valence-electron chi connectivity index (χ4n) is 2.31. The molecule has 0 atom stereocenters. The molecule has 27 heavy (non-hydrogen) atoms. The molecule has 2 N–H and O–H groups in total. The molecular formula is C20H17ClN2O2S2. The maximum Gasteiger partial charge on any atom is 0.265 e. The Morgan fingerprint density at radius 3 is 2.52 bits per heavy atom. The summed E-state index contributed by atoms with van der Waals surface area (Å²) >= 11 is 8.89. The normalized spacial score (nSPS) is 10.4. The largest absolute Gasteiger partial charge is 0.325 e. The van der Waals surface area contributed by atoms with Crippen LogP contribution in [-0.2, 0) is 4.79 Å². The quantitative estimate of drug-likeness (QED) is 0.507. The number of carbonyl (C=O) groups excluding carboxylic acids is 2. The summed E-state index contributed by atoms with van der Waals surface area (Å²) in [6, 6.07) is 16.5. The first kappa shape index (κ1) is 19.5. The van der Waals surface area contributed by atoms with Gasteiger partial charge in [-0.25, -0.2) is 0 Å². The summed E-state index contributed by atoms with van der Waals surface area (Å²) in [7, 11) is 0. The zero-order valence-corrected chi connectivity index (χ0v) is 16.9. The summed E-state index contributed by atoms with van der Waals surface area (Å²) in [6.45, 7) is 1.87. The number of halogens is 1. The van der Waals surface area contributed by atoms with Crippen LogP contribution in [-0.4, -0.2) is 17.6 Å². The molecule has 0 fully saturated rings. The highest BCUT2D eigenvalue weighted by atomic mass is 35.5. The molecule has 0 unspecified atom stereocenters. The van der Waals surface area contributed by atoms with Crippen molar-refractivity contribution in [3.8, 4) is 0 Å². The summed E-state index contributed by atoms with van der Waals surface area (Å²) in [5.74, 6) is 0.0643. The average Bonchev–Trinajstić information content (AvgIpc) is 3.20. The third-order valence-electron chi connectivity index (χ3n) is 3.77. The van der Waals surface area contributed by atoms with Gasteiger partial charge in [0.2, 0.25) is 5.91 Å². The minimum atomic E-state index is -0.123. The van der Waals surface area contributed by atoms with Crippen LogP contribution in [0.5, 0.6) is 0 Å². The second-order valence-electron chi connectivity index (χ2n) is 5.71. The predicted octanol–water partition coefficient (Wildman–Crippen LogP) is 5.69. The average molecular weight is 417 g/mol. The van der Waals surface area contributed by atoms with Crippen LogP contribution in [0.15, 0.2) is 64.9 Å². The van der Waals surface area contributed by atoms with E-state index in [-0.39, 0.29) is 17.6 Å². The Morgan fingerprint density at radius 2 is 1.81 bits per heavy atom. The van der Waals surface area contributed by atoms with Gasteiger partial charge in [0.05, 0.1) is 10.6 Å². The maximum absolute atomic E-state index is 12.2. The zero-order valence-electron chi connectivity index (χ0n) is 14.5. The Labute approximate surface area is 170 Å².